The summed E-state index contributed by atoms with van der Waals surface area (Å²) in [6.45, 7) is 1.15. The van der Waals surface area contributed by atoms with E-state index in [9.17, 15) is 9.59 Å². The van der Waals surface area contributed by atoms with Gasteiger partial charge < -0.3 is 0 Å². The first-order chi connectivity index (χ1) is 6.20. The van der Waals surface area contributed by atoms with Gasteiger partial charge in [0, 0.05) is 6.92 Å². The summed E-state index contributed by atoms with van der Waals surface area (Å²) >= 11 is 0. The summed E-state index contributed by atoms with van der Waals surface area (Å²) in [4.78, 5) is 29.6. The second kappa shape index (κ2) is 4.25. The molecule has 0 heterocycles. The number of carbonyl (C=O) groups is 2. The van der Waals surface area contributed by atoms with Gasteiger partial charge in [-0.25, -0.2) is 19.4 Å². The molecule has 13 heavy (non-hydrogen) atoms. The lowest BCUT2D eigenvalue weighted by Crippen LogP contribution is -2.08. The standard InChI is InChI=1S/C9H8O4/c1-7(10)12-13-9(11)8-5-3-2-4-6-8/h2-6H,1H3/i11+2. The molecule has 0 spiro atoms. The van der Waals surface area contributed by atoms with E-state index in [4.69, 9.17) is 0 Å². The molecule has 0 saturated carbocycles. The van der Waals surface area contributed by atoms with E-state index >= 15 is 0 Å². The molecule has 0 atom stereocenters. The van der Waals surface area contributed by atoms with Gasteiger partial charge >= 0.3 is 11.9 Å². The van der Waals surface area contributed by atoms with Crippen LogP contribution < -0.4 is 0 Å². The van der Waals surface area contributed by atoms with E-state index in [-0.39, 0.29) is 0 Å². The molecule has 1 aromatic rings. The van der Waals surface area contributed by atoms with E-state index in [0.29, 0.717) is 5.56 Å². The van der Waals surface area contributed by atoms with E-state index in [1.165, 1.54) is 0 Å². The Kier molecular flexibility index (Phi) is 3.03. The van der Waals surface area contributed by atoms with Crippen LogP contribution >= 0.6 is 0 Å². The fourth-order valence-electron chi connectivity index (χ4n) is 0.719. The molecule has 0 aliphatic carbocycles. The lowest BCUT2D eigenvalue weighted by atomic mass is 10.2. The maximum atomic E-state index is 11.0. The summed E-state index contributed by atoms with van der Waals surface area (Å²) in [6.07, 6.45) is 0. The van der Waals surface area contributed by atoms with Gasteiger partial charge in [-0.1, -0.05) is 18.2 Å². The first-order valence-corrected chi connectivity index (χ1v) is 3.64. The van der Waals surface area contributed by atoms with Gasteiger partial charge in [0.25, 0.3) is 0 Å². The van der Waals surface area contributed by atoms with Gasteiger partial charge in [-0.2, -0.15) is 0 Å². The van der Waals surface area contributed by atoms with E-state index in [1.54, 1.807) is 30.3 Å². The second-order valence-electron chi connectivity index (χ2n) is 2.31. The van der Waals surface area contributed by atoms with Crippen LogP contribution in [0.25, 0.3) is 0 Å². The predicted molar refractivity (Wildman–Crippen MR) is 43.6 cm³/mol. The molecule has 1 rings (SSSR count). The highest BCUT2D eigenvalue weighted by atomic mass is 18.1. The maximum absolute atomic E-state index is 11.0. The molecule has 0 aliphatic heterocycles. The normalized spacial score (nSPS) is 9.00. The molecule has 0 bridgehead atoms. The Hall–Kier alpha value is -1.84. The molecule has 0 radical (unpaired) electrons. The van der Waals surface area contributed by atoms with E-state index in [1.807, 2.05) is 0 Å². The van der Waals surface area contributed by atoms with Crippen molar-refractivity contribution in [3.05, 3.63) is 35.9 Å². The smallest absolute Gasteiger partial charge is 0.248 e. The Morgan fingerprint density at radius 2 is 1.85 bits per heavy atom. The highest BCUT2D eigenvalue weighted by molar-refractivity contribution is 5.89. The molecule has 0 unspecified atom stereocenters. The van der Waals surface area contributed by atoms with Crippen molar-refractivity contribution in [3.8, 4) is 0 Å². The van der Waals surface area contributed by atoms with Crippen molar-refractivity contribution in [2.24, 2.45) is 0 Å². The van der Waals surface area contributed by atoms with Crippen LogP contribution in [0.4, 0.5) is 0 Å². The molecule has 0 saturated heterocycles. The van der Waals surface area contributed by atoms with E-state index < -0.39 is 11.9 Å². The molecule has 4 nitrogen and oxygen atoms in total. The highest BCUT2D eigenvalue weighted by Gasteiger charge is 2.08. The van der Waals surface area contributed by atoms with Crippen molar-refractivity contribution >= 4 is 11.9 Å². The molecular formula is C9H8O4. The first-order valence-electron chi connectivity index (χ1n) is 3.64. The zero-order chi connectivity index (χ0) is 9.68. The molecule has 4 heteroatoms. The lowest BCUT2D eigenvalue weighted by Gasteiger charge is -1.99. The van der Waals surface area contributed by atoms with Crippen molar-refractivity contribution in [1.29, 1.82) is 0 Å². The van der Waals surface area contributed by atoms with Crippen molar-refractivity contribution in [3.63, 3.8) is 0 Å². The quantitative estimate of drug-likeness (QED) is 0.373. The minimum Gasteiger partial charge on any atom is -0.248 e. The second-order valence-corrected chi connectivity index (χ2v) is 2.31. The van der Waals surface area contributed by atoms with Gasteiger partial charge in [0.1, 0.15) is 0 Å². The number of hydrogen-bond donors (Lipinski definition) is 0. The Labute approximate surface area is 75.0 Å². The number of carbonyl (C=O) groups excluding carboxylic acids is 2. The molecule has 68 valence electrons. The van der Waals surface area contributed by atoms with Crippen LogP contribution in [0.15, 0.2) is 30.3 Å². The average molecular weight is 182 g/mol. The Balaban J connectivity index is 2.54. The van der Waals surface area contributed by atoms with Crippen molar-refractivity contribution in [2.45, 2.75) is 6.92 Å². The van der Waals surface area contributed by atoms with Gasteiger partial charge in [-0.05, 0) is 12.1 Å². The van der Waals surface area contributed by atoms with Gasteiger partial charge in [0.05, 0.1) is 5.56 Å². The number of hydrogen-bond acceptors (Lipinski definition) is 4. The van der Waals surface area contributed by atoms with E-state index in [0.717, 1.165) is 6.92 Å². The van der Waals surface area contributed by atoms with Gasteiger partial charge in [0.15, 0.2) is 0 Å². The summed E-state index contributed by atoms with van der Waals surface area (Å²) in [7, 11) is 0. The summed E-state index contributed by atoms with van der Waals surface area (Å²) in [5.74, 6) is -1.35. The summed E-state index contributed by atoms with van der Waals surface area (Å²) in [5, 5.41) is 0. The third kappa shape index (κ3) is 2.94. The monoisotopic (exact) mass is 182 g/mol. The molecule has 0 aromatic heterocycles. The minimum absolute atomic E-state index is 0.337. The number of benzene rings is 1. The molecule has 0 fully saturated rings. The third-order valence-electron chi connectivity index (χ3n) is 1.24. The minimum atomic E-state index is -0.684. The summed E-state index contributed by atoms with van der Waals surface area (Å²) in [5.41, 5.74) is 0.337. The topological polar surface area (TPSA) is 52.6 Å². The van der Waals surface area contributed by atoms with Crippen molar-refractivity contribution < 1.29 is 19.4 Å². The van der Waals surface area contributed by atoms with Crippen molar-refractivity contribution in [1.82, 2.24) is 0 Å². The van der Waals surface area contributed by atoms with Crippen LogP contribution in [0.5, 0.6) is 0 Å². The lowest BCUT2D eigenvalue weighted by molar-refractivity contribution is -0.231. The zero-order valence-electron chi connectivity index (χ0n) is 7.02. The summed E-state index contributed by atoms with van der Waals surface area (Å²) in [6, 6.07) is 8.26. The molecule has 0 aliphatic rings. The molecule has 1 aromatic carbocycles. The zero-order valence-corrected chi connectivity index (χ0v) is 7.02. The molecule has 0 amide bonds. The average Bonchev–Trinajstić information content (AvgIpc) is 2.15. The number of rotatable bonds is 1. The van der Waals surface area contributed by atoms with Crippen LogP contribution in [0.2, 0.25) is 0 Å². The van der Waals surface area contributed by atoms with Crippen molar-refractivity contribution in [2.75, 3.05) is 0 Å². The Bertz CT molecular complexity index is 305. The highest BCUT2D eigenvalue weighted by Crippen LogP contribution is 2.00. The molecular weight excluding hydrogens is 174 g/mol. The predicted octanol–water partition coefficient (Wildman–Crippen LogP) is 1.32. The van der Waals surface area contributed by atoms with Crippen LogP contribution in [-0.2, 0) is 14.6 Å². The third-order valence-corrected chi connectivity index (χ3v) is 1.24. The SMILES string of the molecule is CC(=O)OOC(=[18O])c1ccccc1. The molecule has 0 N–H and O–H groups in total. The van der Waals surface area contributed by atoms with Gasteiger partial charge in [-0.3, -0.25) is 0 Å². The Morgan fingerprint density at radius 1 is 1.23 bits per heavy atom. The summed E-state index contributed by atoms with van der Waals surface area (Å²) < 4.78 is 0. The maximum Gasteiger partial charge on any atom is 0.386 e. The van der Waals surface area contributed by atoms with Gasteiger partial charge in [-0.15, -0.1) is 0 Å². The van der Waals surface area contributed by atoms with Gasteiger partial charge in [0.2, 0.25) is 0 Å². The first kappa shape index (κ1) is 9.25. The van der Waals surface area contributed by atoms with Crippen LogP contribution in [0.1, 0.15) is 17.3 Å². The Morgan fingerprint density at radius 3 is 2.38 bits per heavy atom. The van der Waals surface area contributed by atoms with Crippen LogP contribution in [-0.4, -0.2) is 11.9 Å². The fraction of sp³-hybridized carbons (Fsp3) is 0.111. The fourth-order valence-corrected chi connectivity index (χ4v) is 0.719. The largest absolute Gasteiger partial charge is 0.386 e. The van der Waals surface area contributed by atoms with Crippen LogP contribution in [0.3, 0.4) is 0 Å². The van der Waals surface area contributed by atoms with Crippen LogP contribution in [0, 0.1) is 0 Å². The van der Waals surface area contributed by atoms with E-state index in [2.05, 4.69) is 9.78 Å².